The molecule has 6 nitrogen and oxygen atoms in total. The Balaban J connectivity index is 1.90. The summed E-state index contributed by atoms with van der Waals surface area (Å²) >= 11 is 0. The molecule has 0 saturated carbocycles. The van der Waals surface area contributed by atoms with Gasteiger partial charge in [-0.05, 0) is 19.1 Å². The van der Waals surface area contributed by atoms with E-state index >= 15 is 0 Å². The molecular formula is C13H14N4O2. The Kier molecular flexibility index (Phi) is 4.15. The van der Waals surface area contributed by atoms with Gasteiger partial charge in [-0.2, -0.15) is 0 Å². The number of rotatable bonds is 5. The van der Waals surface area contributed by atoms with Gasteiger partial charge < -0.3 is 10.4 Å². The molecule has 0 unspecified atom stereocenters. The van der Waals surface area contributed by atoms with E-state index in [1.165, 1.54) is 6.07 Å². The molecule has 0 spiro atoms. The van der Waals surface area contributed by atoms with Gasteiger partial charge in [0.05, 0.1) is 17.1 Å². The first-order valence-corrected chi connectivity index (χ1v) is 5.82. The van der Waals surface area contributed by atoms with Crippen molar-refractivity contribution in [2.24, 2.45) is 0 Å². The zero-order chi connectivity index (χ0) is 13.7. The number of nitrogens with one attached hydrogen (secondary N) is 1. The Morgan fingerprint density at radius 3 is 2.68 bits per heavy atom. The van der Waals surface area contributed by atoms with Gasteiger partial charge in [-0.3, -0.25) is 9.97 Å². The van der Waals surface area contributed by atoms with E-state index in [0.717, 1.165) is 11.4 Å². The molecule has 0 bridgehead atoms. The summed E-state index contributed by atoms with van der Waals surface area (Å²) in [5, 5.41) is 12.0. The number of aromatic nitrogens is 3. The highest BCUT2D eigenvalue weighted by Gasteiger charge is 2.04. The number of hydrogen-bond acceptors (Lipinski definition) is 5. The first-order chi connectivity index (χ1) is 9.15. The van der Waals surface area contributed by atoms with Crippen LogP contribution in [0.15, 0.2) is 30.6 Å². The van der Waals surface area contributed by atoms with Crippen molar-refractivity contribution < 1.29 is 9.90 Å². The van der Waals surface area contributed by atoms with Crippen molar-refractivity contribution in [3.63, 3.8) is 0 Å². The largest absolute Gasteiger partial charge is 0.477 e. The van der Waals surface area contributed by atoms with Gasteiger partial charge in [0.2, 0.25) is 0 Å². The van der Waals surface area contributed by atoms with E-state index in [0.29, 0.717) is 18.8 Å². The van der Waals surface area contributed by atoms with E-state index in [1.807, 2.05) is 6.92 Å². The molecule has 2 N–H and O–H groups in total. The highest BCUT2D eigenvalue weighted by Crippen LogP contribution is 2.00. The zero-order valence-electron chi connectivity index (χ0n) is 10.5. The normalized spacial score (nSPS) is 10.4. The average Bonchev–Trinajstić information content (AvgIpc) is 2.41. The van der Waals surface area contributed by atoms with Gasteiger partial charge in [-0.1, -0.05) is 6.07 Å². The number of nitrogens with zero attached hydrogens (tertiary/aromatic N) is 3. The Morgan fingerprint density at radius 1 is 1.21 bits per heavy atom. The molecule has 0 saturated heterocycles. The topological polar surface area (TPSA) is 88.0 Å². The molecule has 2 aromatic heterocycles. The van der Waals surface area contributed by atoms with E-state index in [1.54, 1.807) is 24.5 Å². The molecule has 0 aliphatic rings. The highest BCUT2D eigenvalue weighted by atomic mass is 16.4. The van der Waals surface area contributed by atoms with Crippen LogP contribution >= 0.6 is 0 Å². The molecule has 2 heterocycles. The summed E-state index contributed by atoms with van der Waals surface area (Å²) in [7, 11) is 0. The lowest BCUT2D eigenvalue weighted by Gasteiger charge is -2.04. The van der Waals surface area contributed by atoms with E-state index in [4.69, 9.17) is 5.11 Å². The molecule has 6 heteroatoms. The van der Waals surface area contributed by atoms with Crippen molar-refractivity contribution in [1.82, 2.24) is 20.3 Å². The molecular weight excluding hydrogens is 244 g/mol. The van der Waals surface area contributed by atoms with Gasteiger partial charge in [0.15, 0.2) is 0 Å². The number of pyridine rings is 1. The molecule has 2 aromatic rings. The first-order valence-electron chi connectivity index (χ1n) is 5.82. The second-order valence-electron chi connectivity index (χ2n) is 4.07. The number of hydrogen-bond donors (Lipinski definition) is 2. The van der Waals surface area contributed by atoms with Crippen molar-refractivity contribution in [3.8, 4) is 0 Å². The molecule has 19 heavy (non-hydrogen) atoms. The fourth-order valence-corrected chi connectivity index (χ4v) is 1.53. The lowest BCUT2D eigenvalue weighted by Crippen LogP contribution is -2.15. The van der Waals surface area contributed by atoms with Crippen molar-refractivity contribution in [1.29, 1.82) is 0 Å². The first kappa shape index (κ1) is 13.1. The number of aromatic carboxylic acids is 1. The van der Waals surface area contributed by atoms with Gasteiger partial charge in [0.25, 0.3) is 0 Å². The molecule has 98 valence electrons. The lowest BCUT2D eigenvalue weighted by molar-refractivity contribution is 0.0690. The molecule has 0 aromatic carbocycles. The molecule has 0 radical (unpaired) electrons. The summed E-state index contributed by atoms with van der Waals surface area (Å²) in [6, 6.07) is 4.93. The maximum atomic E-state index is 10.8. The number of carbonyl (C=O) groups is 1. The molecule has 0 aliphatic heterocycles. The third kappa shape index (κ3) is 3.82. The van der Waals surface area contributed by atoms with E-state index in [2.05, 4.69) is 20.3 Å². The molecule has 0 atom stereocenters. The Bertz CT molecular complexity index is 569. The fraction of sp³-hybridized carbons (Fsp3) is 0.231. The zero-order valence-corrected chi connectivity index (χ0v) is 10.5. The molecule has 0 fully saturated rings. The summed E-state index contributed by atoms with van der Waals surface area (Å²) in [5.41, 5.74) is 2.44. The van der Waals surface area contributed by atoms with Crippen molar-refractivity contribution >= 4 is 5.97 Å². The third-order valence-corrected chi connectivity index (χ3v) is 2.47. The monoisotopic (exact) mass is 258 g/mol. The summed E-state index contributed by atoms with van der Waals surface area (Å²) < 4.78 is 0. The van der Waals surface area contributed by atoms with Crippen LogP contribution in [0.2, 0.25) is 0 Å². The van der Waals surface area contributed by atoms with Gasteiger partial charge in [-0.25, -0.2) is 9.78 Å². The second kappa shape index (κ2) is 6.01. The predicted molar refractivity (Wildman–Crippen MR) is 68.5 cm³/mol. The summed E-state index contributed by atoms with van der Waals surface area (Å²) in [4.78, 5) is 23.2. The average molecular weight is 258 g/mol. The summed E-state index contributed by atoms with van der Waals surface area (Å²) in [5.74, 6) is -1.02. The highest BCUT2D eigenvalue weighted by molar-refractivity contribution is 5.85. The van der Waals surface area contributed by atoms with Crippen LogP contribution in [-0.4, -0.2) is 26.0 Å². The van der Waals surface area contributed by atoms with Crippen LogP contribution in [0.1, 0.15) is 27.6 Å². The van der Waals surface area contributed by atoms with Crippen LogP contribution in [0.4, 0.5) is 0 Å². The van der Waals surface area contributed by atoms with Crippen LogP contribution in [0.25, 0.3) is 0 Å². The maximum absolute atomic E-state index is 10.8. The molecule has 0 aliphatic carbocycles. The fourth-order valence-electron chi connectivity index (χ4n) is 1.53. The predicted octanol–water partition coefficient (Wildman–Crippen LogP) is 1.17. The molecule has 2 rings (SSSR count). The van der Waals surface area contributed by atoms with Crippen LogP contribution in [0, 0.1) is 6.92 Å². The van der Waals surface area contributed by atoms with E-state index in [-0.39, 0.29) is 5.69 Å². The molecule has 0 amide bonds. The summed E-state index contributed by atoms with van der Waals surface area (Å²) in [6.07, 6.45) is 3.42. The standard InChI is InChI=1S/C13H14N4O2/c1-9-5-16-11(8-15-9)7-14-6-10-3-2-4-12(17-10)13(18)19/h2-5,8,14H,6-7H2,1H3,(H,18,19). The quantitative estimate of drug-likeness (QED) is 0.837. The Hall–Kier alpha value is -2.34. The van der Waals surface area contributed by atoms with Crippen LogP contribution in [0.3, 0.4) is 0 Å². The third-order valence-electron chi connectivity index (χ3n) is 2.47. The van der Waals surface area contributed by atoms with Gasteiger partial charge in [0.1, 0.15) is 5.69 Å². The van der Waals surface area contributed by atoms with Crippen LogP contribution in [0.5, 0.6) is 0 Å². The second-order valence-corrected chi connectivity index (χ2v) is 4.07. The van der Waals surface area contributed by atoms with Crippen molar-refractivity contribution in [2.45, 2.75) is 20.0 Å². The minimum atomic E-state index is -1.02. The number of carboxylic acids is 1. The van der Waals surface area contributed by atoms with Crippen LogP contribution < -0.4 is 5.32 Å². The van der Waals surface area contributed by atoms with Gasteiger partial charge in [-0.15, -0.1) is 0 Å². The Labute approximate surface area is 110 Å². The minimum absolute atomic E-state index is 0.0504. The maximum Gasteiger partial charge on any atom is 0.354 e. The van der Waals surface area contributed by atoms with E-state index < -0.39 is 5.97 Å². The SMILES string of the molecule is Cc1cnc(CNCc2cccc(C(=O)O)n2)cn1. The lowest BCUT2D eigenvalue weighted by atomic mass is 10.3. The number of carboxylic acid groups (broad SMARTS) is 1. The van der Waals surface area contributed by atoms with Gasteiger partial charge in [0, 0.05) is 25.5 Å². The van der Waals surface area contributed by atoms with Crippen LogP contribution in [-0.2, 0) is 13.1 Å². The minimum Gasteiger partial charge on any atom is -0.477 e. The van der Waals surface area contributed by atoms with Crippen molar-refractivity contribution in [3.05, 3.63) is 53.4 Å². The van der Waals surface area contributed by atoms with E-state index in [9.17, 15) is 4.79 Å². The smallest absolute Gasteiger partial charge is 0.354 e. The van der Waals surface area contributed by atoms with Crippen molar-refractivity contribution in [2.75, 3.05) is 0 Å². The van der Waals surface area contributed by atoms with Gasteiger partial charge >= 0.3 is 5.97 Å². The number of aryl methyl sites for hydroxylation is 1. The summed E-state index contributed by atoms with van der Waals surface area (Å²) in [6.45, 7) is 2.93. The Morgan fingerprint density at radius 2 is 2.00 bits per heavy atom.